The van der Waals surface area contributed by atoms with Crippen molar-refractivity contribution in [1.29, 1.82) is 0 Å². The first kappa shape index (κ1) is 9.87. The van der Waals surface area contributed by atoms with E-state index in [2.05, 4.69) is 10.3 Å². The summed E-state index contributed by atoms with van der Waals surface area (Å²) < 4.78 is 0. The number of pyridine rings is 1. The lowest BCUT2D eigenvalue weighted by molar-refractivity contribution is 0.631. The number of para-hydroxylation sites is 1. The summed E-state index contributed by atoms with van der Waals surface area (Å²) >= 11 is 6.13. The highest BCUT2D eigenvalue weighted by molar-refractivity contribution is 6.35. The van der Waals surface area contributed by atoms with E-state index in [1.165, 1.54) is 5.56 Å². The molecule has 0 radical (unpaired) electrons. The minimum absolute atomic E-state index is 0.664. The van der Waals surface area contributed by atoms with Crippen molar-refractivity contribution in [2.24, 2.45) is 0 Å². The Morgan fingerprint density at radius 1 is 1.38 bits per heavy atom. The topological polar surface area (TPSA) is 50.9 Å². The van der Waals surface area contributed by atoms with Gasteiger partial charge >= 0.3 is 0 Å². The summed E-state index contributed by atoms with van der Waals surface area (Å²) in [5.74, 6) is 0. The average Bonchev–Trinajstić information content (AvgIpc) is 2.31. The minimum Gasteiger partial charge on any atom is -0.398 e. The monoisotopic (exact) mass is 233 g/mol. The molecule has 3 rings (SSSR count). The summed E-state index contributed by atoms with van der Waals surface area (Å²) in [6.07, 6.45) is 0.941. The van der Waals surface area contributed by atoms with Gasteiger partial charge in [0, 0.05) is 17.6 Å². The number of hydrogen-bond acceptors (Lipinski definition) is 3. The van der Waals surface area contributed by atoms with Crippen molar-refractivity contribution in [3.63, 3.8) is 0 Å². The Hall–Kier alpha value is -1.32. The third kappa shape index (κ3) is 1.36. The van der Waals surface area contributed by atoms with Crippen molar-refractivity contribution in [3.05, 3.63) is 34.5 Å². The van der Waals surface area contributed by atoms with E-state index >= 15 is 0 Å². The molecule has 82 valence electrons. The summed E-state index contributed by atoms with van der Waals surface area (Å²) in [5.41, 5.74) is 10.0. The van der Waals surface area contributed by atoms with Crippen molar-refractivity contribution in [2.45, 2.75) is 13.0 Å². The van der Waals surface area contributed by atoms with Gasteiger partial charge in [-0.15, -0.1) is 0 Å². The Labute approximate surface area is 98.6 Å². The molecule has 1 aromatic heterocycles. The zero-order valence-corrected chi connectivity index (χ0v) is 9.51. The van der Waals surface area contributed by atoms with Gasteiger partial charge in [-0.1, -0.05) is 23.7 Å². The van der Waals surface area contributed by atoms with E-state index in [0.29, 0.717) is 5.02 Å². The fourth-order valence-corrected chi connectivity index (χ4v) is 2.43. The second-order valence-corrected chi connectivity index (χ2v) is 4.42. The zero-order valence-electron chi connectivity index (χ0n) is 8.76. The number of hydrogen-bond donors (Lipinski definition) is 2. The van der Waals surface area contributed by atoms with Crippen molar-refractivity contribution < 1.29 is 0 Å². The molecule has 0 saturated heterocycles. The predicted octanol–water partition coefficient (Wildman–Crippen LogP) is 2.12. The van der Waals surface area contributed by atoms with Crippen LogP contribution in [-0.2, 0) is 13.0 Å². The Bertz CT molecular complexity index is 566. The van der Waals surface area contributed by atoms with Crippen molar-refractivity contribution in [2.75, 3.05) is 12.3 Å². The number of aromatic nitrogens is 1. The third-order valence-electron chi connectivity index (χ3n) is 3.04. The zero-order chi connectivity index (χ0) is 11.1. The lowest BCUT2D eigenvalue weighted by atomic mass is 10.0. The fraction of sp³-hybridized carbons (Fsp3) is 0.250. The highest BCUT2D eigenvalue weighted by atomic mass is 35.5. The maximum absolute atomic E-state index is 6.18. The molecule has 0 amide bonds. The maximum atomic E-state index is 6.18. The molecule has 0 saturated carbocycles. The molecule has 16 heavy (non-hydrogen) atoms. The molecule has 0 atom stereocenters. The lowest BCUT2D eigenvalue weighted by Crippen LogP contribution is -2.25. The van der Waals surface area contributed by atoms with Crippen molar-refractivity contribution in [3.8, 4) is 0 Å². The quantitative estimate of drug-likeness (QED) is 0.733. The number of halogens is 1. The standard InChI is InChI=1S/C12H12ClN3/c13-9-3-1-2-8-11(14)7-4-5-15-6-10(7)16-12(8)9/h1-3,15H,4-6H2,(H2,14,16). The molecule has 0 unspecified atom stereocenters. The van der Waals surface area contributed by atoms with Crippen molar-refractivity contribution >= 4 is 28.2 Å². The molecule has 2 heterocycles. The SMILES string of the molecule is Nc1c2c(nc3c(Cl)cccc13)CNCC2. The summed E-state index contributed by atoms with van der Waals surface area (Å²) in [7, 11) is 0. The predicted molar refractivity (Wildman–Crippen MR) is 66.6 cm³/mol. The van der Waals surface area contributed by atoms with Gasteiger partial charge in [0.15, 0.2) is 0 Å². The van der Waals surface area contributed by atoms with Gasteiger partial charge in [-0.25, -0.2) is 4.98 Å². The maximum Gasteiger partial charge on any atom is 0.0912 e. The molecule has 3 N–H and O–H groups in total. The minimum atomic E-state index is 0.664. The van der Waals surface area contributed by atoms with Gasteiger partial charge in [0.2, 0.25) is 0 Å². The second kappa shape index (κ2) is 3.61. The molecule has 4 heteroatoms. The average molecular weight is 234 g/mol. The number of nitrogens with zero attached hydrogens (tertiary/aromatic N) is 1. The summed E-state index contributed by atoms with van der Waals surface area (Å²) in [6, 6.07) is 5.74. The molecular weight excluding hydrogens is 222 g/mol. The highest BCUT2D eigenvalue weighted by Crippen LogP contribution is 2.31. The smallest absolute Gasteiger partial charge is 0.0912 e. The first-order chi connectivity index (χ1) is 7.77. The van der Waals surface area contributed by atoms with E-state index in [4.69, 9.17) is 17.3 Å². The van der Waals surface area contributed by atoms with E-state index < -0.39 is 0 Å². The van der Waals surface area contributed by atoms with Gasteiger partial charge in [-0.2, -0.15) is 0 Å². The number of rotatable bonds is 0. The molecule has 3 nitrogen and oxygen atoms in total. The Kier molecular flexibility index (Phi) is 2.23. The number of nitrogen functional groups attached to an aromatic ring is 1. The molecule has 1 aliphatic rings. The van der Waals surface area contributed by atoms with E-state index in [0.717, 1.165) is 41.8 Å². The van der Waals surface area contributed by atoms with Gasteiger partial charge in [0.05, 0.1) is 16.2 Å². The van der Waals surface area contributed by atoms with Crippen molar-refractivity contribution in [1.82, 2.24) is 10.3 Å². The number of nitrogens with two attached hydrogens (primary N) is 1. The fourth-order valence-electron chi connectivity index (χ4n) is 2.21. The van der Waals surface area contributed by atoms with Crippen LogP contribution in [0.25, 0.3) is 10.9 Å². The van der Waals surface area contributed by atoms with Crippen LogP contribution in [0.3, 0.4) is 0 Å². The van der Waals surface area contributed by atoms with Crippen LogP contribution < -0.4 is 11.1 Å². The number of fused-ring (bicyclic) bond motifs is 2. The van der Waals surface area contributed by atoms with Gasteiger partial charge < -0.3 is 11.1 Å². The van der Waals surface area contributed by atoms with E-state index in [1.54, 1.807) is 0 Å². The van der Waals surface area contributed by atoms with Crippen LogP contribution in [0, 0.1) is 0 Å². The normalized spacial score (nSPS) is 15.1. The molecule has 0 bridgehead atoms. The summed E-state index contributed by atoms with van der Waals surface area (Å²) in [6.45, 7) is 1.74. The Morgan fingerprint density at radius 3 is 3.12 bits per heavy atom. The van der Waals surface area contributed by atoms with Gasteiger partial charge in [-0.3, -0.25) is 0 Å². The van der Waals surface area contributed by atoms with Crippen LogP contribution in [0.2, 0.25) is 5.02 Å². The number of nitrogens with one attached hydrogen (secondary N) is 1. The van der Waals surface area contributed by atoms with Crippen LogP contribution in [0.4, 0.5) is 5.69 Å². The molecular formula is C12H12ClN3. The molecule has 0 aliphatic carbocycles. The molecule has 1 aromatic carbocycles. The Balaban J connectivity index is 2.39. The molecule has 0 spiro atoms. The van der Waals surface area contributed by atoms with E-state index in [9.17, 15) is 0 Å². The Morgan fingerprint density at radius 2 is 2.25 bits per heavy atom. The first-order valence-corrected chi connectivity index (χ1v) is 5.71. The van der Waals surface area contributed by atoms with Gasteiger partial charge in [0.1, 0.15) is 0 Å². The number of benzene rings is 1. The second-order valence-electron chi connectivity index (χ2n) is 4.01. The van der Waals surface area contributed by atoms with Crippen LogP contribution in [0.1, 0.15) is 11.3 Å². The van der Waals surface area contributed by atoms with Crippen LogP contribution in [-0.4, -0.2) is 11.5 Å². The molecule has 0 fully saturated rings. The lowest BCUT2D eigenvalue weighted by Gasteiger charge is -2.19. The van der Waals surface area contributed by atoms with Crippen LogP contribution in [0.15, 0.2) is 18.2 Å². The largest absolute Gasteiger partial charge is 0.398 e. The highest BCUT2D eigenvalue weighted by Gasteiger charge is 2.16. The van der Waals surface area contributed by atoms with Gasteiger partial charge in [0.25, 0.3) is 0 Å². The van der Waals surface area contributed by atoms with E-state index in [1.807, 2.05) is 18.2 Å². The van der Waals surface area contributed by atoms with Crippen LogP contribution >= 0.6 is 11.6 Å². The van der Waals surface area contributed by atoms with Crippen LogP contribution in [0.5, 0.6) is 0 Å². The molecule has 1 aliphatic heterocycles. The first-order valence-electron chi connectivity index (χ1n) is 5.33. The molecule has 2 aromatic rings. The number of anilines is 1. The van der Waals surface area contributed by atoms with Gasteiger partial charge in [-0.05, 0) is 24.6 Å². The third-order valence-corrected chi connectivity index (χ3v) is 3.35. The van der Waals surface area contributed by atoms with E-state index in [-0.39, 0.29) is 0 Å². The summed E-state index contributed by atoms with van der Waals surface area (Å²) in [5, 5.41) is 4.92. The summed E-state index contributed by atoms with van der Waals surface area (Å²) in [4.78, 5) is 4.60.